The van der Waals surface area contributed by atoms with Crippen LogP contribution in [0.1, 0.15) is 11.3 Å². The minimum atomic E-state index is -3.66. The van der Waals surface area contributed by atoms with Crippen molar-refractivity contribution < 1.29 is 17.6 Å². The summed E-state index contributed by atoms with van der Waals surface area (Å²) in [5.41, 5.74) is 0.978. The molecule has 25 heavy (non-hydrogen) atoms. The molecule has 6 nitrogen and oxygen atoms in total. The molecule has 2 rings (SSSR count). The number of benzene rings is 1. The number of nitrogens with one attached hydrogen (secondary N) is 1. The molecule has 1 N–H and O–H groups in total. The van der Waals surface area contributed by atoms with E-state index in [1.54, 1.807) is 42.3 Å². The Morgan fingerprint density at radius 1 is 1.24 bits per heavy atom. The minimum absolute atomic E-state index is 0.183. The monoisotopic (exact) mass is 382 g/mol. The molecule has 0 aliphatic rings. The highest BCUT2D eigenvalue weighted by atomic mass is 32.2. The van der Waals surface area contributed by atoms with Crippen LogP contribution >= 0.6 is 11.8 Å². The first kappa shape index (κ1) is 19.6. The van der Waals surface area contributed by atoms with Crippen molar-refractivity contribution in [2.75, 3.05) is 25.9 Å². The van der Waals surface area contributed by atoms with Gasteiger partial charge in [-0.25, -0.2) is 8.42 Å². The van der Waals surface area contributed by atoms with Gasteiger partial charge in [0.1, 0.15) is 5.76 Å². The van der Waals surface area contributed by atoms with Gasteiger partial charge in [-0.05, 0) is 31.2 Å². The molecule has 136 valence electrons. The summed E-state index contributed by atoms with van der Waals surface area (Å²) in [6.45, 7) is 2.15. The molecule has 0 spiro atoms. The van der Waals surface area contributed by atoms with Crippen molar-refractivity contribution in [1.82, 2.24) is 9.62 Å². The summed E-state index contributed by atoms with van der Waals surface area (Å²) >= 11 is 1.64. The molecule has 0 saturated carbocycles. The van der Waals surface area contributed by atoms with Crippen molar-refractivity contribution in [1.29, 1.82) is 0 Å². The molecule has 0 aliphatic heterocycles. The fourth-order valence-corrected chi connectivity index (χ4v) is 3.95. The van der Waals surface area contributed by atoms with Crippen molar-refractivity contribution in [2.24, 2.45) is 0 Å². The number of carbonyl (C=O) groups is 1. The second-order valence-corrected chi connectivity index (χ2v) is 8.71. The Kier molecular flexibility index (Phi) is 7.10. The maximum absolute atomic E-state index is 12.4. The SMILES string of the molecule is Cc1ccc(S(=O)(=O)N(C)CC(=O)NCCSCc2ccco2)cc1. The summed E-state index contributed by atoms with van der Waals surface area (Å²) in [5.74, 6) is 2.03. The van der Waals surface area contributed by atoms with Crippen LogP contribution < -0.4 is 5.32 Å². The third-order valence-electron chi connectivity index (χ3n) is 3.49. The lowest BCUT2D eigenvalue weighted by Gasteiger charge is -2.17. The number of furan rings is 1. The Hall–Kier alpha value is -1.77. The van der Waals surface area contributed by atoms with Crippen LogP contribution in [0.15, 0.2) is 52.0 Å². The average Bonchev–Trinajstić information content (AvgIpc) is 3.08. The zero-order valence-electron chi connectivity index (χ0n) is 14.3. The van der Waals surface area contributed by atoms with E-state index in [0.717, 1.165) is 27.1 Å². The molecular formula is C17H22N2O4S2. The molecule has 0 fully saturated rings. The van der Waals surface area contributed by atoms with Gasteiger partial charge in [0.05, 0.1) is 23.5 Å². The quantitative estimate of drug-likeness (QED) is 0.673. The fraction of sp³-hybridized carbons (Fsp3) is 0.353. The highest BCUT2D eigenvalue weighted by Gasteiger charge is 2.22. The number of aryl methyl sites for hydroxylation is 1. The van der Waals surface area contributed by atoms with Gasteiger partial charge in [-0.1, -0.05) is 17.7 Å². The topological polar surface area (TPSA) is 79.6 Å². The van der Waals surface area contributed by atoms with Gasteiger partial charge in [0.25, 0.3) is 0 Å². The second-order valence-electron chi connectivity index (χ2n) is 5.56. The van der Waals surface area contributed by atoms with E-state index in [1.165, 1.54) is 7.05 Å². The molecule has 0 atom stereocenters. The number of nitrogens with zero attached hydrogens (tertiary/aromatic N) is 1. The highest BCUT2D eigenvalue weighted by molar-refractivity contribution is 7.98. The Balaban J connectivity index is 1.74. The molecule has 8 heteroatoms. The van der Waals surface area contributed by atoms with Crippen molar-refractivity contribution in [2.45, 2.75) is 17.6 Å². The van der Waals surface area contributed by atoms with E-state index in [4.69, 9.17) is 4.42 Å². The first-order valence-corrected chi connectivity index (χ1v) is 10.4. The standard InChI is InChI=1S/C17H22N2O4S2/c1-14-5-7-16(8-6-14)25(21,22)19(2)12-17(20)18-9-11-24-13-15-4-3-10-23-15/h3-8,10H,9,11-13H2,1-2H3,(H,18,20). The van der Waals surface area contributed by atoms with E-state index in [0.29, 0.717) is 6.54 Å². The summed E-state index contributed by atoms with van der Waals surface area (Å²) < 4.78 is 31.1. The minimum Gasteiger partial charge on any atom is -0.468 e. The summed E-state index contributed by atoms with van der Waals surface area (Å²) in [4.78, 5) is 12.1. The number of hydrogen-bond acceptors (Lipinski definition) is 5. The maximum atomic E-state index is 12.4. The predicted molar refractivity (Wildman–Crippen MR) is 98.9 cm³/mol. The van der Waals surface area contributed by atoms with Gasteiger partial charge in [-0.2, -0.15) is 16.1 Å². The van der Waals surface area contributed by atoms with Crippen molar-refractivity contribution in [3.63, 3.8) is 0 Å². The van der Waals surface area contributed by atoms with E-state index in [9.17, 15) is 13.2 Å². The maximum Gasteiger partial charge on any atom is 0.243 e. The molecule has 1 heterocycles. The molecule has 0 radical (unpaired) electrons. The first-order valence-electron chi connectivity index (χ1n) is 7.79. The fourth-order valence-electron chi connectivity index (χ4n) is 2.06. The molecule has 1 aromatic carbocycles. The third kappa shape index (κ3) is 5.91. The van der Waals surface area contributed by atoms with E-state index in [-0.39, 0.29) is 17.3 Å². The largest absolute Gasteiger partial charge is 0.468 e. The van der Waals surface area contributed by atoms with Gasteiger partial charge in [-0.3, -0.25) is 4.79 Å². The van der Waals surface area contributed by atoms with E-state index in [2.05, 4.69) is 5.32 Å². The highest BCUT2D eigenvalue weighted by Crippen LogP contribution is 2.15. The van der Waals surface area contributed by atoms with E-state index < -0.39 is 10.0 Å². The summed E-state index contributed by atoms with van der Waals surface area (Å²) in [7, 11) is -2.26. The van der Waals surface area contributed by atoms with Crippen molar-refractivity contribution in [3.8, 4) is 0 Å². The lowest BCUT2D eigenvalue weighted by atomic mass is 10.2. The third-order valence-corrected chi connectivity index (χ3v) is 6.29. The molecule has 1 amide bonds. The summed E-state index contributed by atoms with van der Waals surface area (Å²) in [5, 5.41) is 2.73. The molecule has 0 saturated heterocycles. The first-order chi connectivity index (χ1) is 11.9. The van der Waals surface area contributed by atoms with Gasteiger partial charge in [0.2, 0.25) is 15.9 Å². The number of likely N-dealkylation sites (N-methyl/N-ethyl adjacent to an activating group) is 1. The lowest BCUT2D eigenvalue weighted by molar-refractivity contribution is -0.121. The van der Waals surface area contributed by atoms with Crippen LogP contribution in [0.4, 0.5) is 0 Å². The van der Waals surface area contributed by atoms with Crippen molar-refractivity contribution in [3.05, 3.63) is 54.0 Å². The van der Waals surface area contributed by atoms with Crippen LogP contribution in [-0.2, 0) is 20.6 Å². The predicted octanol–water partition coefficient (Wildman–Crippen LogP) is 2.26. The molecule has 2 aromatic rings. The number of carbonyl (C=O) groups excluding carboxylic acids is 1. The Labute approximate surface area is 152 Å². The number of amides is 1. The number of rotatable bonds is 9. The number of thioether (sulfide) groups is 1. The number of hydrogen-bond donors (Lipinski definition) is 1. The van der Waals surface area contributed by atoms with Crippen LogP contribution in [-0.4, -0.2) is 44.5 Å². The molecule has 0 unspecified atom stereocenters. The van der Waals surface area contributed by atoms with Crippen LogP contribution in [0.25, 0.3) is 0 Å². The summed E-state index contributed by atoms with van der Waals surface area (Å²) in [6.07, 6.45) is 1.63. The average molecular weight is 383 g/mol. The smallest absolute Gasteiger partial charge is 0.243 e. The molecule has 1 aromatic heterocycles. The van der Waals surface area contributed by atoms with Gasteiger partial charge in [-0.15, -0.1) is 0 Å². The Morgan fingerprint density at radius 2 is 1.96 bits per heavy atom. The summed E-state index contributed by atoms with van der Waals surface area (Å²) in [6, 6.07) is 10.3. The van der Waals surface area contributed by atoms with E-state index in [1.807, 2.05) is 19.1 Å². The van der Waals surface area contributed by atoms with Gasteiger partial charge < -0.3 is 9.73 Å². The Morgan fingerprint density at radius 3 is 2.60 bits per heavy atom. The van der Waals surface area contributed by atoms with E-state index >= 15 is 0 Å². The van der Waals surface area contributed by atoms with Crippen LogP contribution in [0.5, 0.6) is 0 Å². The number of sulfonamides is 1. The van der Waals surface area contributed by atoms with Gasteiger partial charge in [0.15, 0.2) is 0 Å². The van der Waals surface area contributed by atoms with Crippen LogP contribution in [0.2, 0.25) is 0 Å². The normalized spacial score (nSPS) is 11.6. The lowest BCUT2D eigenvalue weighted by Crippen LogP contribution is -2.39. The molecular weight excluding hydrogens is 360 g/mol. The zero-order valence-corrected chi connectivity index (χ0v) is 15.9. The zero-order chi connectivity index (χ0) is 18.3. The van der Waals surface area contributed by atoms with Gasteiger partial charge >= 0.3 is 0 Å². The second kappa shape index (κ2) is 9.07. The van der Waals surface area contributed by atoms with Crippen LogP contribution in [0, 0.1) is 6.92 Å². The van der Waals surface area contributed by atoms with Crippen LogP contribution in [0.3, 0.4) is 0 Å². The molecule has 0 bridgehead atoms. The molecule has 0 aliphatic carbocycles. The van der Waals surface area contributed by atoms with Gasteiger partial charge in [0, 0.05) is 19.3 Å². The Bertz CT molecular complexity index is 771. The van der Waals surface area contributed by atoms with Crippen molar-refractivity contribution >= 4 is 27.7 Å².